The molecule has 0 spiro atoms. The van der Waals surface area contributed by atoms with Crippen LogP contribution >= 0.6 is 0 Å². The minimum atomic E-state index is -0.581. The van der Waals surface area contributed by atoms with E-state index in [4.69, 9.17) is 10.00 Å². The molecule has 2 N–H and O–H groups in total. The van der Waals surface area contributed by atoms with Crippen molar-refractivity contribution in [1.29, 1.82) is 5.26 Å². The minimum absolute atomic E-state index is 0.138. The normalized spacial score (nSPS) is 10.3. The van der Waals surface area contributed by atoms with E-state index in [0.717, 1.165) is 0 Å². The number of aromatic nitrogens is 1. The number of aromatic amines is 1. The fraction of sp³-hybridized carbons (Fsp3) is 0.111. The zero-order valence-electron chi connectivity index (χ0n) is 13.8. The van der Waals surface area contributed by atoms with Gasteiger partial charge in [0.15, 0.2) is 0 Å². The van der Waals surface area contributed by atoms with Gasteiger partial charge in [-0.25, -0.2) is 4.79 Å². The van der Waals surface area contributed by atoms with Crippen LogP contribution in [0.1, 0.15) is 23.0 Å². The third-order valence-electron chi connectivity index (χ3n) is 3.76. The van der Waals surface area contributed by atoms with Crippen molar-refractivity contribution in [3.63, 3.8) is 0 Å². The highest BCUT2D eigenvalue weighted by Gasteiger charge is 2.20. The van der Waals surface area contributed by atoms with E-state index in [2.05, 4.69) is 10.3 Å². The molecule has 130 valence electrons. The first-order valence-electron chi connectivity index (χ1n) is 7.78. The average Bonchev–Trinajstić information content (AvgIpc) is 3.08. The van der Waals surface area contributed by atoms with Crippen LogP contribution in [0.3, 0.4) is 0 Å². The van der Waals surface area contributed by atoms with Gasteiger partial charge in [-0.15, -0.1) is 0 Å². The quantitative estimate of drug-likeness (QED) is 0.409. The van der Waals surface area contributed by atoms with Gasteiger partial charge in [0, 0.05) is 22.8 Å². The van der Waals surface area contributed by atoms with E-state index in [-0.39, 0.29) is 23.5 Å². The van der Waals surface area contributed by atoms with E-state index in [0.29, 0.717) is 22.3 Å². The number of nitriles is 1. The monoisotopic (exact) mass is 350 g/mol. The zero-order valence-corrected chi connectivity index (χ0v) is 13.8. The van der Waals surface area contributed by atoms with Crippen LogP contribution in [0.4, 0.5) is 17.1 Å². The van der Waals surface area contributed by atoms with Gasteiger partial charge in [-0.3, -0.25) is 10.1 Å². The number of nitro benzene ring substituents is 1. The Morgan fingerprint density at radius 1 is 1.31 bits per heavy atom. The summed E-state index contributed by atoms with van der Waals surface area (Å²) >= 11 is 0. The number of nitrogens with one attached hydrogen (secondary N) is 2. The van der Waals surface area contributed by atoms with Crippen LogP contribution in [0.5, 0.6) is 0 Å². The number of carbonyl (C=O) groups is 1. The summed E-state index contributed by atoms with van der Waals surface area (Å²) in [5.74, 6) is -0.581. The van der Waals surface area contributed by atoms with Crippen LogP contribution in [0.25, 0.3) is 10.9 Å². The van der Waals surface area contributed by atoms with Crippen molar-refractivity contribution >= 4 is 33.9 Å². The Balaban J connectivity index is 2.07. The predicted octanol–water partition coefficient (Wildman–Crippen LogP) is 3.87. The Morgan fingerprint density at radius 3 is 2.65 bits per heavy atom. The molecule has 0 amide bonds. The maximum atomic E-state index is 12.0. The molecule has 0 fully saturated rings. The number of nitro groups is 1. The van der Waals surface area contributed by atoms with E-state index in [1.54, 1.807) is 37.3 Å². The number of benzene rings is 2. The third kappa shape index (κ3) is 3.18. The molecule has 1 aromatic heterocycles. The van der Waals surface area contributed by atoms with Crippen molar-refractivity contribution in [3.8, 4) is 6.07 Å². The second-order valence-electron chi connectivity index (χ2n) is 5.40. The molecule has 26 heavy (non-hydrogen) atoms. The van der Waals surface area contributed by atoms with Gasteiger partial charge in [0.2, 0.25) is 0 Å². The Labute approximate surface area is 148 Å². The maximum Gasteiger partial charge on any atom is 0.354 e. The van der Waals surface area contributed by atoms with Crippen molar-refractivity contribution in [2.24, 2.45) is 0 Å². The van der Waals surface area contributed by atoms with Crippen LogP contribution in [0.15, 0.2) is 42.5 Å². The van der Waals surface area contributed by atoms with Crippen molar-refractivity contribution in [2.45, 2.75) is 6.92 Å². The number of ether oxygens (including phenoxy) is 1. The molecule has 0 aliphatic rings. The molecule has 8 heteroatoms. The van der Waals surface area contributed by atoms with Crippen LogP contribution in [0.2, 0.25) is 0 Å². The molecule has 0 unspecified atom stereocenters. The van der Waals surface area contributed by atoms with Crippen molar-refractivity contribution in [2.75, 3.05) is 11.9 Å². The molecule has 8 nitrogen and oxygen atoms in total. The van der Waals surface area contributed by atoms with E-state index in [9.17, 15) is 14.9 Å². The summed E-state index contributed by atoms with van der Waals surface area (Å²) in [5, 5.41) is 23.8. The topological polar surface area (TPSA) is 121 Å². The molecule has 0 saturated carbocycles. The lowest BCUT2D eigenvalue weighted by atomic mass is 10.1. The maximum absolute atomic E-state index is 12.0. The molecule has 0 atom stereocenters. The third-order valence-corrected chi connectivity index (χ3v) is 3.76. The summed E-state index contributed by atoms with van der Waals surface area (Å²) in [4.78, 5) is 25.5. The molecular formula is C18H14N4O4. The predicted molar refractivity (Wildman–Crippen MR) is 95.3 cm³/mol. The highest BCUT2D eigenvalue weighted by atomic mass is 16.6. The largest absolute Gasteiger partial charge is 0.461 e. The second-order valence-corrected chi connectivity index (χ2v) is 5.40. The van der Waals surface area contributed by atoms with Crippen LogP contribution in [0, 0.1) is 21.4 Å². The van der Waals surface area contributed by atoms with Gasteiger partial charge in [-0.2, -0.15) is 5.26 Å². The molecular weight excluding hydrogens is 336 g/mol. The molecule has 1 heterocycles. The number of hydrogen-bond donors (Lipinski definition) is 2. The Bertz CT molecular complexity index is 1030. The fourth-order valence-corrected chi connectivity index (χ4v) is 2.57. The van der Waals surface area contributed by atoms with Crippen LogP contribution in [-0.4, -0.2) is 22.5 Å². The lowest BCUT2D eigenvalue weighted by molar-refractivity contribution is -0.383. The average molecular weight is 350 g/mol. The molecule has 0 radical (unpaired) electrons. The number of non-ortho nitro benzene ring substituents is 1. The number of H-pyrrole nitrogens is 1. The summed E-state index contributed by atoms with van der Waals surface area (Å²) in [7, 11) is 0. The van der Waals surface area contributed by atoms with Crippen molar-refractivity contribution in [3.05, 3.63) is 63.8 Å². The smallest absolute Gasteiger partial charge is 0.354 e. The van der Waals surface area contributed by atoms with Crippen molar-refractivity contribution < 1.29 is 14.5 Å². The number of esters is 1. The van der Waals surface area contributed by atoms with Gasteiger partial charge < -0.3 is 15.0 Å². The molecule has 2 aromatic carbocycles. The molecule has 3 aromatic rings. The fourth-order valence-electron chi connectivity index (χ4n) is 2.57. The Hall–Kier alpha value is -3.86. The number of rotatable bonds is 5. The van der Waals surface area contributed by atoms with E-state index >= 15 is 0 Å². The summed E-state index contributed by atoms with van der Waals surface area (Å²) in [6.07, 6.45) is 0. The van der Waals surface area contributed by atoms with E-state index in [1.165, 1.54) is 12.1 Å². The van der Waals surface area contributed by atoms with Crippen LogP contribution in [-0.2, 0) is 4.74 Å². The zero-order chi connectivity index (χ0) is 18.7. The molecule has 0 bridgehead atoms. The van der Waals surface area contributed by atoms with Gasteiger partial charge >= 0.3 is 5.97 Å². The summed E-state index contributed by atoms with van der Waals surface area (Å²) in [5.41, 5.74) is 2.05. The molecule has 3 rings (SSSR count). The van der Waals surface area contributed by atoms with Crippen molar-refractivity contribution in [1.82, 2.24) is 4.98 Å². The molecule has 0 aliphatic carbocycles. The number of nitrogens with zero attached hydrogens (tertiary/aromatic N) is 2. The Kier molecular flexibility index (Phi) is 4.53. The van der Waals surface area contributed by atoms with E-state index in [1.807, 2.05) is 6.07 Å². The standard InChI is InChI=1S/C18H14N4O4/c1-2-26-18(23)15-9-13-14(7-8-16(22(24)25)17(13)21-15)20-12-5-3-11(10-19)4-6-12/h3-9,20-21H,2H2,1H3. The highest BCUT2D eigenvalue weighted by Crippen LogP contribution is 2.33. The summed E-state index contributed by atoms with van der Waals surface area (Å²) in [6, 6.07) is 13.3. The summed E-state index contributed by atoms with van der Waals surface area (Å²) in [6.45, 7) is 1.88. The number of anilines is 2. The Morgan fingerprint density at radius 2 is 2.04 bits per heavy atom. The minimum Gasteiger partial charge on any atom is -0.461 e. The van der Waals surface area contributed by atoms with Gasteiger partial charge in [-0.05, 0) is 43.3 Å². The lowest BCUT2D eigenvalue weighted by Crippen LogP contribution is -2.04. The first-order valence-corrected chi connectivity index (χ1v) is 7.78. The van der Waals surface area contributed by atoms with E-state index < -0.39 is 10.9 Å². The first-order chi connectivity index (χ1) is 12.5. The molecule has 0 saturated heterocycles. The second kappa shape index (κ2) is 6.94. The first kappa shape index (κ1) is 17.0. The van der Waals surface area contributed by atoms with Gasteiger partial charge in [-0.1, -0.05) is 0 Å². The SMILES string of the molecule is CCOC(=O)c1cc2c(Nc3ccc(C#N)cc3)ccc([N+](=O)[O-])c2[nH]1. The van der Waals surface area contributed by atoms with Gasteiger partial charge in [0.1, 0.15) is 11.2 Å². The summed E-state index contributed by atoms with van der Waals surface area (Å²) < 4.78 is 4.95. The van der Waals surface area contributed by atoms with Crippen LogP contribution < -0.4 is 5.32 Å². The lowest BCUT2D eigenvalue weighted by Gasteiger charge is -2.08. The van der Waals surface area contributed by atoms with Gasteiger partial charge in [0.05, 0.1) is 23.2 Å². The number of fused-ring (bicyclic) bond motifs is 1. The van der Waals surface area contributed by atoms with Gasteiger partial charge in [0.25, 0.3) is 5.69 Å². The number of hydrogen-bond acceptors (Lipinski definition) is 6. The highest BCUT2D eigenvalue weighted by molar-refractivity contribution is 6.04. The number of carbonyl (C=O) groups excluding carboxylic acids is 1. The molecule has 0 aliphatic heterocycles.